The third-order valence-electron chi connectivity index (χ3n) is 3.76. The van der Waals surface area contributed by atoms with Crippen molar-refractivity contribution in [2.45, 2.75) is 60.2 Å². The van der Waals surface area contributed by atoms with Crippen molar-refractivity contribution in [3.8, 4) is 0 Å². The van der Waals surface area contributed by atoms with Gasteiger partial charge in [0.25, 0.3) is 6.47 Å². The van der Waals surface area contributed by atoms with Gasteiger partial charge in [-0.1, -0.05) is 20.3 Å². The largest absolute Gasteiger partial charge is 0.519 e. The summed E-state index contributed by atoms with van der Waals surface area (Å²) in [6, 6.07) is 0. The smallest absolute Gasteiger partial charge is 0.460 e. The van der Waals surface area contributed by atoms with Crippen molar-refractivity contribution in [2.24, 2.45) is 5.92 Å². The molecule has 0 saturated heterocycles. The molecular formula is C18H24O10. The van der Waals surface area contributed by atoms with Crippen LogP contribution in [0.4, 0.5) is 0 Å². The minimum Gasteiger partial charge on any atom is -0.460 e. The quantitative estimate of drug-likeness (QED) is 0.456. The first-order valence-corrected chi connectivity index (χ1v) is 8.72. The first kappa shape index (κ1) is 23.0. The molecule has 2 aromatic rings. The van der Waals surface area contributed by atoms with Crippen LogP contribution in [0.5, 0.6) is 0 Å². The lowest BCUT2D eigenvalue weighted by molar-refractivity contribution is -0.150. The van der Waals surface area contributed by atoms with E-state index in [1.165, 1.54) is 0 Å². The van der Waals surface area contributed by atoms with E-state index in [1.807, 2.05) is 13.8 Å². The molecule has 1 atom stereocenters. The van der Waals surface area contributed by atoms with Gasteiger partial charge >= 0.3 is 17.6 Å². The highest BCUT2D eigenvalue weighted by Crippen LogP contribution is 2.15. The number of carbonyl (C=O) groups is 2. The van der Waals surface area contributed by atoms with Gasteiger partial charge in [0.2, 0.25) is 0 Å². The molecule has 10 nitrogen and oxygen atoms in total. The number of ether oxygens (including phenoxy) is 2. The maximum Gasteiger partial charge on any atom is 0.519 e. The van der Waals surface area contributed by atoms with Crippen LogP contribution in [-0.4, -0.2) is 12.4 Å². The van der Waals surface area contributed by atoms with E-state index in [-0.39, 0.29) is 43.1 Å². The second kappa shape index (κ2) is 11.6. The van der Waals surface area contributed by atoms with Gasteiger partial charge in [0, 0.05) is 0 Å². The highest BCUT2D eigenvalue weighted by atomic mass is 16.6. The second-order valence-corrected chi connectivity index (χ2v) is 5.78. The molecule has 0 aliphatic carbocycles. The van der Waals surface area contributed by atoms with Crippen LogP contribution in [0.2, 0.25) is 0 Å². The van der Waals surface area contributed by atoms with Crippen LogP contribution in [0.25, 0.3) is 0 Å². The summed E-state index contributed by atoms with van der Waals surface area (Å²) in [4.78, 5) is 42.6. The molecule has 0 N–H and O–H groups in total. The van der Waals surface area contributed by atoms with Gasteiger partial charge in [-0.15, -0.1) is 0 Å². The Bertz CT molecular complexity index is 850. The summed E-state index contributed by atoms with van der Waals surface area (Å²) in [5.41, 5.74) is 0. The Kier molecular flexibility index (Phi) is 9.55. The van der Waals surface area contributed by atoms with Crippen LogP contribution >= 0.6 is 0 Å². The highest BCUT2D eigenvalue weighted by Gasteiger charge is 2.18. The van der Waals surface area contributed by atoms with E-state index < -0.39 is 11.6 Å². The zero-order valence-electron chi connectivity index (χ0n) is 16.3. The zero-order chi connectivity index (χ0) is 21.1. The molecule has 0 saturated carbocycles. The predicted molar refractivity (Wildman–Crippen MR) is 93.3 cm³/mol. The van der Waals surface area contributed by atoms with Gasteiger partial charge < -0.3 is 27.1 Å². The Hall–Kier alpha value is -3.04. The molecule has 28 heavy (non-hydrogen) atoms. The average Bonchev–Trinajstić information content (AvgIpc) is 3.15. The minimum absolute atomic E-state index is 0.0450. The summed E-state index contributed by atoms with van der Waals surface area (Å²) in [5, 5.41) is 0. The molecule has 0 bridgehead atoms. The average molecular weight is 400 g/mol. The van der Waals surface area contributed by atoms with Gasteiger partial charge in [-0.05, 0) is 26.7 Å². The predicted octanol–water partition coefficient (Wildman–Crippen LogP) is 2.62. The monoisotopic (exact) mass is 400 g/mol. The van der Waals surface area contributed by atoms with E-state index in [9.17, 15) is 19.2 Å². The van der Waals surface area contributed by atoms with Crippen LogP contribution in [0, 0.1) is 19.8 Å². The van der Waals surface area contributed by atoms with Gasteiger partial charge in [-0.25, -0.2) is 9.59 Å². The number of hydrogen-bond acceptors (Lipinski definition) is 10. The summed E-state index contributed by atoms with van der Waals surface area (Å²) < 4.78 is 27.8. The molecule has 0 aliphatic heterocycles. The van der Waals surface area contributed by atoms with E-state index in [2.05, 4.69) is 18.0 Å². The van der Waals surface area contributed by atoms with Gasteiger partial charge in [-0.3, -0.25) is 9.59 Å². The van der Waals surface area contributed by atoms with E-state index in [0.29, 0.717) is 11.5 Å². The van der Waals surface area contributed by atoms with Crippen molar-refractivity contribution in [3.05, 3.63) is 44.3 Å². The number of carbonyl (C=O) groups excluding carboxylic acids is 2. The highest BCUT2D eigenvalue weighted by molar-refractivity contribution is 5.72. The minimum atomic E-state index is -0.785. The molecular weight excluding hydrogens is 376 g/mol. The van der Waals surface area contributed by atoms with Crippen LogP contribution in [0.15, 0.2) is 27.3 Å². The maximum absolute atomic E-state index is 11.7. The molecule has 0 aromatic carbocycles. The van der Waals surface area contributed by atoms with Crippen molar-refractivity contribution in [1.29, 1.82) is 0 Å². The van der Waals surface area contributed by atoms with E-state index in [0.717, 1.165) is 19.3 Å². The van der Waals surface area contributed by atoms with Crippen molar-refractivity contribution >= 4 is 12.4 Å². The standard InChI is InChI=1S/C12H18O5.C6H6O5/c1-4-6-9(5-2)11(13)15-7-10-8(3)16-12(14)17-10;1-4-5(2-9-3-7)11-6(8)10-4/h9H,4-7H2,1-3H3;3H,2H2,1H3. The lowest BCUT2D eigenvalue weighted by Gasteiger charge is -2.12. The molecule has 2 rings (SSSR count). The Morgan fingerprint density at radius 3 is 1.89 bits per heavy atom. The molecule has 0 amide bonds. The Morgan fingerprint density at radius 2 is 1.50 bits per heavy atom. The van der Waals surface area contributed by atoms with Gasteiger partial charge in [0.15, 0.2) is 36.3 Å². The number of rotatable bonds is 9. The van der Waals surface area contributed by atoms with Crippen molar-refractivity contribution in [3.63, 3.8) is 0 Å². The summed E-state index contributed by atoms with van der Waals surface area (Å²) in [6.45, 7) is 7.27. The molecule has 1 unspecified atom stereocenters. The van der Waals surface area contributed by atoms with Crippen LogP contribution in [0.3, 0.4) is 0 Å². The van der Waals surface area contributed by atoms with Crippen molar-refractivity contribution in [1.82, 2.24) is 0 Å². The lowest BCUT2D eigenvalue weighted by Crippen LogP contribution is -2.16. The van der Waals surface area contributed by atoms with Gasteiger partial charge in [0.1, 0.15) is 0 Å². The molecule has 0 aliphatic rings. The van der Waals surface area contributed by atoms with Crippen molar-refractivity contribution < 1.29 is 36.7 Å². The molecule has 0 radical (unpaired) electrons. The third-order valence-corrected chi connectivity index (χ3v) is 3.76. The summed E-state index contributed by atoms with van der Waals surface area (Å²) >= 11 is 0. The summed E-state index contributed by atoms with van der Waals surface area (Å²) in [5.74, 6) is -0.697. The zero-order valence-corrected chi connectivity index (χ0v) is 16.3. The number of aryl methyl sites for hydroxylation is 2. The normalized spacial score (nSPS) is 11.3. The Morgan fingerprint density at radius 1 is 0.964 bits per heavy atom. The van der Waals surface area contributed by atoms with Crippen LogP contribution in [0.1, 0.15) is 56.2 Å². The lowest BCUT2D eigenvalue weighted by atomic mass is 10.0. The molecule has 10 heteroatoms. The molecule has 2 aromatic heterocycles. The van der Waals surface area contributed by atoms with E-state index in [4.69, 9.17) is 9.15 Å². The SMILES string of the molecule is CCCC(CC)C(=O)OCc1oc(=O)oc1C.Cc1oc(=O)oc1COC=O. The molecule has 156 valence electrons. The maximum atomic E-state index is 11.7. The van der Waals surface area contributed by atoms with Crippen molar-refractivity contribution in [2.75, 3.05) is 0 Å². The van der Waals surface area contributed by atoms with Gasteiger partial charge in [0.05, 0.1) is 5.92 Å². The Balaban J connectivity index is 0.000000307. The summed E-state index contributed by atoms with van der Waals surface area (Å²) in [6.07, 6.45) is 2.50. The number of esters is 1. The first-order valence-electron chi connectivity index (χ1n) is 8.72. The topological polar surface area (TPSA) is 139 Å². The van der Waals surface area contributed by atoms with Crippen LogP contribution < -0.4 is 11.6 Å². The fraction of sp³-hybridized carbons (Fsp3) is 0.556. The Labute approximate surface area is 160 Å². The number of hydrogen-bond donors (Lipinski definition) is 0. The second-order valence-electron chi connectivity index (χ2n) is 5.78. The van der Waals surface area contributed by atoms with E-state index >= 15 is 0 Å². The fourth-order valence-corrected chi connectivity index (χ4v) is 2.21. The fourth-order valence-electron chi connectivity index (χ4n) is 2.21. The first-order chi connectivity index (χ1) is 13.3. The molecule has 0 spiro atoms. The summed E-state index contributed by atoms with van der Waals surface area (Å²) in [7, 11) is 0. The molecule has 2 heterocycles. The van der Waals surface area contributed by atoms with Gasteiger partial charge in [-0.2, -0.15) is 0 Å². The molecule has 0 fully saturated rings. The third kappa shape index (κ3) is 7.29. The van der Waals surface area contributed by atoms with E-state index in [1.54, 1.807) is 13.8 Å². The van der Waals surface area contributed by atoms with Crippen LogP contribution in [-0.2, 0) is 32.3 Å².